The zero-order valence-electron chi connectivity index (χ0n) is 18.2. The molecule has 2 atom stereocenters. The average molecular weight is 420 g/mol. The maximum Gasteiger partial charge on any atom is 0.408 e. The quantitative estimate of drug-likeness (QED) is 0.715. The number of primary amides is 1. The van der Waals surface area contributed by atoms with Crippen LogP contribution in [0.4, 0.5) is 4.79 Å². The minimum Gasteiger partial charge on any atom is -0.444 e. The topological polar surface area (TPSA) is 102 Å². The number of ether oxygens (including phenoxy) is 1. The molecule has 0 aromatic heterocycles. The molecule has 0 spiro atoms. The lowest BCUT2D eigenvalue weighted by atomic mass is 10.0. The Morgan fingerprint density at radius 2 is 1.83 bits per heavy atom. The molecule has 7 nitrogen and oxygen atoms in total. The van der Waals surface area contributed by atoms with E-state index >= 15 is 0 Å². The van der Waals surface area contributed by atoms with E-state index in [1.54, 1.807) is 25.7 Å². The molecule has 0 aliphatic carbocycles. The van der Waals surface area contributed by atoms with Crippen molar-refractivity contribution < 1.29 is 19.1 Å². The van der Waals surface area contributed by atoms with E-state index in [4.69, 9.17) is 10.5 Å². The van der Waals surface area contributed by atoms with Crippen molar-refractivity contribution >= 4 is 26.0 Å². The Bertz CT molecular complexity index is 771. The summed E-state index contributed by atoms with van der Waals surface area (Å²) >= 11 is 0. The zero-order valence-corrected chi connectivity index (χ0v) is 19.2. The molecule has 160 valence electrons. The van der Waals surface area contributed by atoms with Gasteiger partial charge in [0.2, 0.25) is 11.8 Å². The predicted molar refractivity (Wildman–Crippen MR) is 115 cm³/mol. The van der Waals surface area contributed by atoms with Crippen LogP contribution in [-0.4, -0.2) is 54.7 Å². The van der Waals surface area contributed by atoms with Gasteiger partial charge in [0.05, 0.1) is 8.07 Å². The van der Waals surface area contributed by atoms with E-state index < -0.39 is 37.8 Å². The standard InChI is InChI=1S/C21H33N3O4Si/c1-14-7-9-15(10-8-14)11-16(23-20(27)28-21(2,3)4)19(26)24-13-29(5,6)12-17(24)18(22)25/h7-10,16-17H,11-13H2,1-6H3,(H2,22,25)(H,23,27). The van der Waals surface area contributed by atoms with Gasteiger partial charge in [-0.15, -0.1) is 0 Å². The number of nitrogens with zero attached hydrogens (tertiary/aromatic N) is 1. The highest BCUT2D eigenvalue weighted by Gasteiger charge is 2.45. The Morgan fingerprint density at radius 1 is 1.24 bits per heavy atom. The van der Waals surface area contributed by atoms with Crippen molar-refractivity contribution in [3.05, 3.63) is 35.4 Å². The molecule has 3 amide bonds. The predicted octanol–water partition coefficient (Wildman–Crippen LogP) is 2.37. The fourth-order valence-corrected chi connectivity index (χ4v) is 6.46. The monoisotopic (exact) mass is 419 g/mol. The lowest BCUT2D eigenvalue weighted by Crippen LogP contribution is -2.54. The average Bonchev–Trinajstić information content (AvgIpc) is 2.90. The molecule has 1 aromatic rings. The number of benzene rings is 1. The number of alkyl carbamates (subject to hydrolysis) is 1. The summed E-state index contributed by atoms with van der Waals surface area (Å²) < 4.78 is 5.35. The smallest absolute Gasteiger partial charge is 0.408 e. The molecule has 1 aliphatic rings. The summed E-state index contributed by atoms with van der Waals surface area (Å²) in [4.78, 5) is 39.3. The van der Waals surface area contributed by atoms with Gasteiger partial charge in [-0.1, -0.05) is 42.9 Å². The first-order valence-corrected chi connectivity index (χ1v) is 13.3. The largest absolute Gasteiger partial charge is 0.444 e. The number of nitrogens with two attached hydrogens (primary N) is 1. The van der Waals surface area contributed by atoms with Crippen molar-refractivity contribution in [1.29, 1.82) is 0 Å². The molecule has 1 aromatic carbocycles. The minimum atomic E-state index is -1.76. The first-order chi connectivity index (χ1) is 13.3. The van der Waals surface area contributed by atoms with Crippen LogP contribution in [0.2, 0.25) is 19.1 Å². The van der Waals surface area contributed by atoms with E-state index in [0.29, 0.717) is 18.6 Å². The Kier molecular flexibility index (Phi) is 6.77. The summed E-state index contributed by atoms with van der Waals surface area (Å²) in [7, 11) is -1.76. The molecule has 1 fully saturated rings. The molecule has 0 radical (unpaired) electrons. The van der Waals surface area contributed by atoms with Crippen LogP contribution in [0.5, 0.6) is 0 Å². The highest BCUT2D eigenvalue weighted by molar-refractivity contribution is 6.79. The van der Waals surface area contributed by atoms with Gasteiger partial charge in [0.15, 0.2) is 0 Å². The normalized spacial score (nSPS) is 19.5. The summed E-state index contributed by atoms with van der Waals surface area (Å²) in [5.74, 6) is -0.791. The number of hydrogen-bond donors (Lipinski definition) is 2. The molecule has 2 rings (SSSR count). The van der Waals surface area contributed by atoms with Crippen molar-refractivity contribution in [1.82, 2.24) is 10.2 Å². The van der Waals surface area contributed by atoms with Crippen LogP contribution in [0, 0.1) is 6.92 Å². The number of carbonyl (C=O) groups excluding carboxylic acids is 3. The van der Waals surface area contributed by atoms with Gasteiger partial charge in [-0.25, -0.2) is 4.79 Å². The van der Waals surface area contributed by atoms with Gasteiger partial charge < -0.3 is 20.7 Å². The van der Waals surface area contributed by atoms with Crippen LogP contribution >= 0.6 is 0 Å². The van der Waals surface area contributed by atoms with Crippen molar-refractivity contribution in [2.45, 2.75) is 70.9 Å². The van der Waals surface area contributed by atoms with Crippen LogP contribution < -0.4 is 11.1 Å². The first-order valence-electron chi connectivity index (χ1n) is 9.92. The Morgan fingerprint density at radius 3 is 2.34 bits per heavy atom. The van der Waals surface area contributed by atoms with Crippen LogP contribution in [0.3, 0.4) is 0 Å². The van der Waals surface area contributed by atoms with Gasteiger partial charge in [0, 0.05) is 12.6 Å². The maximum atomic E-state index is 13.4. The zero-order chi connectivity index (χ0) is 22.0. The Balaban J connectivity index is 2.27. The van der Waals surface area contributed by atoms with Crippen LogP contribution in [-0.2, 0) is 20.7 Å². The van der Waals surface area contributed by atoms with Gasteiger partial charge in [-0.2, -0.15) is 0 Å². The highest BCUT2D eigenvalue weighted by atomic mass is 28.3. The molecular formula is C21H33N3O4Si. The maximum absolute atomic E-state index is 13.4. The highest BCUT2D eigenvalue weighted by Crippen LogP contribution is 2.27. The van der Waals surface area contributed by atoms with E-state index in [0.717, 1.165) is 11.1 Å². The molecule has 1 saturated heterocycles. The van der Waals surface area contributed by atoms with Gasteiger partial charge in [-0.3, -0.25) is 9.59 Å². The number of nitrogens with one attached hydrogen (secondary N) is 1. The summed E-state index contributed by atoms with van der Waals surface area (Å²) in [6.45, 7) is 11.5. The SMILES string of the molecule is Cc1ccc(CC(NC(=O)OC(C)(C)C)C(=O)N2C[Si](C)(C)CC2C(N)=O)cc1. The first kappa shape index (κ1) is 22.9. The van der Waals surface area contributed by atoms with E-state index in [2.05, 4.69) is 18.4 Å². The molecule has 1 aliphatic heterocycles. The van der Waals surface area contributed by atoms with Crippen molar-refractivity contribution in [3.8, 4) is 0 Å². The van der Waals surface area contributed by atoms with Crippen LogP contribution in [0.1, 0.15) is 31.9 Å². The third-order valence-corrected chi connectivity index (χ3v) is 7.57. The molecule has 0 bridgehead atoms. The summed E-state index contributed by atoms with van der Waals surface area (Å²) in [6, 6.07) is 6.96. The summed E-state index contributed by atoms with van der Waals surface area (Å²) in [5.41, 5.74) is 6.92. The second kappa shape index (κ2) is 8.57. The number of hydrogen-bond acceptors (Lipinski definition) is 4. The van der Waals surface area contributed by atoms with E-state index in [-0.39, 0.29) is 5.91 Å². The fraction of sp³-hybridized carbons (Fsp3) is 0.571. The van der Waals surface area contributed by atoms with Crippen LogP contribution in [0.25, 0.3) is 0 Å². The van der Waals surface area contributed by atoms with Gasteiger partial charge >= 0.3 is 6.09 Å². The van der Waals surface area contributed by atoms with Gasteiger partial charge in [0.1, 0.15) is 17.7 Å². The number of amides is 3. The molecule has 1 heterocycles. The second-order valence-electron chi connectivity index (χ2n) is 9.64. The lowest BCUT2D eigenvalue weighted by Gasteiger charge is -2.29. The van der Waals surface area contributed by atoms with E-state index in [1.165, 1.54) is 0 Å². The number of aryl methyl sites for hydroxylation is 1. The van der Waals surface area contributed by atoms with E-state index in [1.807, 2.05) is 31.2 Å². The van der Waals surface area contributed by atoms with Gasteiger partial charge in [-0.05, 0) is 39.3 Å². The lowest BCUT2D eigenvalue weighted by molar-refractivity contribution is -0.138. The van der Waals surface area contributed by atoms with E-state index in [9.17, 15) is 14.4 Å². The number of rotatable bonds is 5. The second-order valence-corrected chi connectivity index (χ2v) is 14.7. The molecule has 8 heteroatoms. The van der Waals surface area contributed by atoms with Gasteiger partial charge in [0.25, 0.3) is 0 Å². The third-order valence-electron chi connectivity index (χ3n) is 4.88. The molecular weight excluding hydrogens is 386 g/mol. The number of carbonyl (C=O) groups is 3. The van der Waals surface area contributed by atoms with Crippen molar-refractivity contribution in [2.75, 3.05) is 6.17 Å². The van der Waals surface area contributed by atoms with Crippen LogP contribution in [0.15, 0.2) is 24.3 Å². The molecule has 3 N–H and O–H groups in total. The summed E-state index contributed by atoms with van der Waals surface area (Å²) in [6.07, 6.45) is 0.191. The summed E-state index contributed by atoms with van der Waals surface area (Å²) in [5, 5.41) is 2.71. The Hall–Kier alpha value is -2.35. The molecule has 29 heavy (non-hydrogen) atoms. The fourth-order valence-electron chi connectivity index (χ4n) is 3.57. The minimum absolute atomic E-state index is 0.293. The van der Waals surface area contributed by atoms with Crippen molar-refractivity contribution in [2.24, 2.45) is 5.73 Å². The molecule has 0 saturated carbocycles. The van der Waals surface area contributed by atoms with Crippen molar-refractivity contribution in [3.63, 3.8) is 0 Å². The third kappa shape index (κ3) is 6.59. The Labute approximate surface area is 174 Å². The molecule has 2 unspecified atom stereocenters.